The summed E-state index contributed by atoms with van der Waals surface area (Å²) in [4.78, 5) is 36.4. The fourth-order valence-corrected chi connectivity index (χ4v) is 4.28. The highest BCUT2D eigenvalue weighted by atomic mass is 16.5. The largest absolute Gasteiger partial charge is 0.480 e. The van der Waals surface area contributed by atoms with E-state index in [0.29, 0.717) is 12.8 Å². The summed E-state index contributed by atoms with van der Waals surface area (Å²) in [5.74, 6) is -1.81. The van der Waals surface area contributed by atoms with Gasteiger partial charge in [-0.05, 0) is 28.7 Å². The zero-order valence-corrected chi connectivity index (χ0v) is 19.3. The molecule has 0 spiro atoms. The molecule has 4 rings (SSSR count). The molecule has 1 aliphatic rings. The van der Waals surface area contributed by atoms with Gasteiger partial charge >= 0.3 is 12.1 Å². The number of unbranched alkanes of at least 4 members (excludes halogenated alkanes) is 1. The number of ether oxygens (including phenoxy) is 1. The van der Waals surface area contributed by atoms with E-state index in [1.807, 2.05) is 43.3 Å². The van der Waals surface area contributed by atoms with Crippen LogP contribution in [-0.4, -0.2) is 40.9 Å². The summed E-state index contributed by atoms with van der Waals surface area (Å²) < 4.78 is 10.4. The number of rotatable bonds is 10. The Morgan fingerprint density at radius 1 is 1.09 bits per heavy atom. The van der Waals surface area contributed by atoms with E-state index < -0.39 is 24.0 Å². The number of carboxylic acids is 1. The average Bonchev–Trinajstić information content (AvgIpc) is 3.46. The van der Waals surface area contributed by atoms with Gasteiger partial charge in [-0.15, -0.1) is 0 Å². The van der Waals surface area contributed by atoms with E-state index in [2.05, 4.69) is 27.9 Å². The normalized spacial score (nSPS) is 12.9. The molecular formula is C26H27N3O6. The molecule has 1 heterocycles. The second-order valence-electron chi connectivity index (χ2n) is 8.36. The molecule has 1 aliphatic carbocycles. The number of carboxylic acid groups (broad SMARTS) is 1. The number of hydrogen-bond donors (Lipinski definition) is 3. The van der Waals surface area contributed by atoms with Crippen molar-refractivity contribution < 1.29 is 28.8 Å². The molecule has 0 saturated carbocycles. The monoisotopic (exact) mass is 477 g/mol. The number of benzene rings is 2. The molecular weight excluding hydrogens is 450 g/mol. The van der Waals surface area contributed by atoms with Gasteiger partial charge in [0.05, 0.1) is 6.54 Å². The van der Waals surface area contributed by atoms with Crippen molar-refractivity contribution in [2.45, 2.75) is 44.7 Å². The fraction of sp³-hybridized carbons (Fsp3) is 0.308. The van der Waals surface area contributed by atoms with Gasteiger partial charge in [0.1, 0.15) is 30.2 Å². The lowest BCUT2D eigenvalue weighted by atomic mass is 9.98. The first-order valence-corrected chi connectivity index (χ1v) is 11.5. The molecule has 0 bridgehead atoms. The van der Waals surface area contributed by atoms with E-state index in [9.17, 15) is 19.5 Å². The lowest BCUT2D eigenvalue weighted by Crippen LogP contribution is -2.41. The molecule has 0 aliphatic heterocycles. The number of nitrogens with zero attached hydrogens (tertiary/aromatic N) is 1. The quantitative estimate of drug-likeness (QED) is 0.401. The Morgan fingerprint density at radius 2 is 1.74 bits per heavy atom. The van der Waals surface area contributed by atoms with Crippen LogP contribution in [0.3, 0.4) is 0 Å². The number of carbonyl (C=O) groups is 3. The van der Waals surface area contributed by atoms with Crippen LogP contribution in [0.4, 0.5) is 4.79 Å². The Balaban J connectivity index is 1.34. The Hall–Kier alpha value is -4.14. The number of nitrogens with one attached hydrogen (secondary N) is 2. The summed E-state index contributed by atoms with van der Waals surface area (Å²) >= 11 is 0. The van der Waals surface area contributed by atoms with E-state index in [1.165, 1.54) is 0 Å². The van der Waals surface area contributed by atoms with Crippen LogP contribution >= 0.6 is 0 Å². The minimum Gasteiger partial charge on any atom is -0.480 e. The second kappa shape index (κ2) is 10.9. The van der Waals surface area contributed by atoms with Crippen molar-refractivity contribution >= 4 is 18.0 Å². The van der Waals surface area contributed by atoms with Crippen LogP contribution in [0.2, 0.25) is 0 Å². The van der Waals surface area contributed by atoms with Crippen molar-refractivity contribution in [3.63, 3.8) is 0 Å². The summed E-state index contributed by atoms with van der Waals surface area (Å²) in [6.07, 6.45) is 2.26. The number of aliphatic carboxylic acids is 1. The van der Waals surface area contributed by atoms with Crippen LogP contribution in [0, 0.1) is 0 Å². The van der Waals surface area contributed by atoms with Gasteiger partial charge in [0.25, 0.3) is 5.91 Å². The fourth-order valence-electron chi connectivity index (χ4n) is 4.28. The third-order valence-corrected chi connectivity index (χ3v) is 6.08. The zero-order valence-electron chi connectivity index (χ0n) is 19.3. The highest BCUT2D eigenvalue weighted by Crippen LogP contribution is 2.44. The molecule has 1 aromatic heterocycles. The second-order valence-corrected chi connectivity index (χ2v) is 8.36. The van der Waals surface area contributed by atoms with Gasteiger partial charge in [-0.25, -0.2) is 9.59 Å². The smallest absolute Gasteiger partial charge is 0.407 e. The van der Waals surface area contributed by atoms with Gasteiger partial charge in [-0.1, -0.05) is 73.5 Å². The molecule has 0 saturated heterocycles. The van der Waals surface area contributed by atoms with Crippen molar-refractivity contribution in [1.82, 2.24) is 15.8 Å². The number of aromatic nitrogens is 1. The van der Waals surface area contributed by atoms with Crippen molar-refractivity contribution in [1.29, 1.82) is 0 Å². The summed E-state index contributed by atoms with van der Waals surface area (Å²) in [5.41, 5.74) is 4.71. The highest BCUT2D eigenvalue weighted by Gasteiger charge is 2.29. The number of fused-ring (bicyclic) bond motifs is 3. The Bertz CT molecular complexity index is 1180. The number of alkyl carbamates (subject to hydrolysis) is 1. The van der Waals surface area contributed by atoms with Gasteiger partial charge in [0.15, 0.2) is 0 Å². The summed E-state index contributed by atoms with van der Waals surface area (Å²) in [6.45, 7) is 1.99. The Morgan fingerprint density at radius 3 is 2.37 bits per heavy atom. The number of carbonyl (C=O) groups excluding carboxylic acids is 2. The van der Waals surface area contributed by atoms with Crippen molar-refractivity contribution in [2.24, 2.45) is 0 Å². The summed E-state index contributed by atoms with van der Waals surface area (Å²) in [5, 5.41) is 18.2. The lowest BCUT2D eigenvalue weighted by molar-refractivity contribution is -0.139. The van der Waals surface area contributed by atoms with Crippen molar-refractivity contribution in [3.05, 3.63) is 77.2 Å². The molecule has 1 atom stereocenters. The van der Waals surface area contributed by atoms with Gasteiger partial charge in [0.2, 0.25) is 0 Å². The minimum absolute atomic E-state index is 0.0618. The predicted molar refractivity (Wildman–Crippen MR) is 127 cm³/mol. The lowest BCUT2D eigenvalue weighted by Gasteiger charge is -2.15. The number of hydrogen-bond acceptors (Lipinski definition) is 6. The maximum Gasteiger partial charge on any atom is 0.407 e. The third-order valence-electron chi connectivity index (χ3n) is 6.08. The third kappa shape index (κ3) is 5.34. The molecule has 0 unspecified atom stereocenters. The predicted octanol–water partition coefficient (Wildman–Crippen LogP) is 4.09. The van der Waals surface area contributed by atoms with Crippen molar-refractivity contribution in [2.75, 3.05) is 6.61 Å². The first kappa shape index (κ1) is 24.0. The highest BCUT2D eigenvalue weighted by molar-refractivity contribution is 5.97. The molecule has 9 nitrogen and oxygen atoms in total. The molecule has 2 aromatic carbocycles. The molecule has 3 N–H and O–H groups in total. The van der Waals surface area contributed by atoms with Crippen LogP contribution in [0.1, 0.15) is 59.3 Å². The van der Waals surface area contributed by atoms with E-state index >= 15 is 0 Å². The van der Waals surface area contributed by atoms with Gasteiger partial charge in [0, 0.05) is 5.92 Å². The maximum absolute atomic E-state index is 12.6. The summed E-state index contributed by atoms with van der Waals surface area (Å²) in [6, 6.07) is 15.1. The van der Waals surface area contributed by atoms with E-state index in [1.54, 1.807) is 0 Å². The first-order chi connectivity index (χ1) is 17.0. The van der Waals surface area contributed by atoms with E-state index in [4.69, 9.17) is 9.26 Å². The molecule has 9 heteroatoms. The standard InChI is InChI=1S/C26H27N3O6/c1-2-3-12-22(25(31)32)28-24(30)21-15-35-29-23(21)13-27-26(33)34-14-20-18-10-6-4-8-16(18)17-9-5-7-11-19(17)20/h4-11,15,20,22H,2-3,12-14H2,1H3,(H,27,33)(H,28,30)(H,31,32)/t22-/m0/s1. The van der Waals surface area contributed by atoms with E-state index in [-0.39, 0.29) is 30.3 Å². The molecule has 35 heavy (non-hydrogen) atoms. The molecule has 182 valence electrons. The minimum atomic E-state index is -1.11. The van der Waals surface area contributed by atoms with Gasteiger partial charge in [-0.2, -0.15) is 0 Å². The Labute approximate surface area is 202 Å². The number of amides is 2. The van der Waals surface area contributed by atoms with Crippen LogP contribution in [0.5, 0.6) is 0 Å². The molecule has 0 fully saturated rings. The molecule has 0 radical (unpaired) electrons. The van der Waals surface area contributed by atoms with Crippen LogP contribution in [0.25, 0.3) is 11.1 Å². The maximum atomic E-state index is 12.6. The first-order valence-electron chi connectivity index (χ1n) is 11.5. The SMILES string of the molecule is CCCC[C@H](NC(=O)c1conc1CNC(=O)OCC1c2ccccc2-c2ccccc21)C(=O)O. The zero-order chi connectivity index (χ0) is 24.8. The van der Waals surface area contributed by atoms with E-state index in [0.717, 1.165) is 34.9 Å². The van der Waals surface area contributed by atoms with Gasteiger partial charge in [-0.3, -0.25) is 4.79 Å². The molecule has 2 amide bonds. The van der Waals surface area contributed by atoms with Crippen LogP contribution in [0.15, 0.2) is 59.3 Å². The van der Waals surface area contributed by atoms with Crippen molar-refractivity contribution in [3.8, 4) is 11.1 Å². The van der Waals surface area contributed by atoms with Crippen LogP contribution < -0.4 is 10.6 Å². The van der Waals surface area contributed by atoms with Crippen LogP contribution in [-0.2, 0) is 16.1 Å². The Kier molecular flexibility index (Phi) is 7.45. The average molecular weight is 478 g/mol. The topological polar surface area (TPSA) is 131 Å². The summed E-state index contributed by atoms with van der Waals surface area (Å²) in [7, 11) is 0. The molecule has 3 aromatic rings. The van der Waals surface area contributed by atoms with Gasteiger partial charge < -0.3 is 25.0 Å².